The van der Waals surface area contributed by atoms with Crippen LogP contribution in [0.25, 0.3) is 0 Å². The zero-order valence-corrected chi connectivity index (χ0v) is 12.0. The lowest BCUT2D eigenvalue weighted by Gasteiger charge is -2.22. The zero-order valence-electron chi connectivity index (χ0n) is 11.3. The van der Waals surface area contributed by atoms with Gasteiger partial charge in [0.15, 0.2) is 0 Å². The van der Waals surface area contributed by atoms with Gasteiger partial charge in [-0.2, -0.15) is 4.98 Å². The van der Waals surface area contributed by atoms with Gasteiger partial charge in [0.25, 0.3) is 0 Å². The molecule has 0 radical (unpaired) electrons. The Kier molecular flexibility index (Phi) is 4.59. The molecule has 1 N–H and O–H groups in total. The lowest BCUT2D eigenvalue weighted by Crippen LogP contribution is -2.38. The van der Waals surface area contributed by atoms with Gasteiger partial charge in [0.1, 0.15) is 23.1 Å². The molecule has 1 aliphatic heterocycles. The number of carbonyl (C=O) groups is 1. The molecule has 110 valence electrons. The summed E-state index contributed by atoms with van der Waals surface area (Å²) in [5.41, 5.74) is 0. The Labute approximate surface area is 121 Å². The maximum Gasteiger partial charge on any atom is 0.328 e. The van der Waals surface area contributed by atoms with E-state index in [1.807, 2.05) is 0 Å². The first-order valence-electron chi connectivity index (χ1n) is 6.34. The Morgan fingerprint density at radius 2 is 2.45 bits per heavy atom. The van der Waals surface area contributed by atoms with Crippen LogP contribution in [0.2, 0.25) is 5.02 Å². The van der Waals surface area contributed by atoms with Crippen LogP contribution < -0.4 is 10.2 Å². The summed E-state index contributed by atoms with van der Waals surface area (Å²) in [6.45, 7) is 2.03. The van der Waals surface area contributed by atoms with E-state index in [1.165, 1.54) is 11.1 Å². The molecule has 2 atom stereocenters. The molecule has 1 aromatic heterocycles. The molecular formula is C12H16ClFN4O2. The number of rotatable bonds is 4. The van der Waals surface area contributed by atoms with E-state index in [0.29, 0.717) is 10.8 Å². The number of hydrogen-bond donors (Lipinski definition) is 1. The van der Waals surface area contributed by atoms with Crippen molar-refractivity contribution in [3.05, 3.63) is 11.2 Å². The van der Waals surface area contributed by atoms with E-state index in [1.54, 1.807) is 14.0 Å². The number of carbonyl (C=O) groups excluding carboxylic acids is 1. The molecule has 0 unspecified atom stereocenters. The number of hydrogen-bond acceptors (Lipinski definition) is 6. The van der Waals surface area contributed by atoms with Crippen molar-refractivity contribution in [1.82, 2.24) is 9.97 Å². The molecule has 0 bridgehead atoms. The van der Waals surface area contributed by atoms with Crippen LogP contribution in [-0.2, 0) is 9.53 Å². The molecule has 2 heterocycles. The van der Waals surface area contributed by atoms with Crippen LogP contribution >= 0.6 is 11.6 Å². The third-order valence-corrected chi connectivity index (χ3v) is 3.31. The first-order chi connectivity index (χ1) is 9.56. The maximum atomic E-state index is 13.6. The number of esters is 1. The molecule has 8 heteroatoms. The minimum Gasteiger partial charge on any atom is -0.464 e. The molecular weight excluding hydrogens is 287 g/mol. The van der Waals surface area contributed by atoms with Crippen molar-refractivity contribution in [2.24, 2.45) is 0 Å². The number of halogens is 2. The van der Waals surface area contributed by atoms with Gasteiger partial charge in [-0.05, 0) is 6.92 Å². The van der Waals surface area contributed by atoms with Crippen molar-refractivity contribution >= 4 is 29.3 Å². The Balaban J connectivity index is 2.27. The minimum absolute atomic E-state index is 0.0638. The minimum atomic E-state index is -1.11. The van der Waals surface area contributed by atoms with Gasteiger partial charge in [0, 0.05) is 13.5 Å². The third kappa shape index (κ3) is 2.92. The number of anilines is 2. The molecule has 6 nitrogen and oxygen atoms in total. The highest BCUT2D eigenvalue weighted by Gasteiger charge is 2.39. The van der Waals surface area contributed by atoms with Crippen molar-refractivity contribution in [2.45, 2.75) is 25.6 Å². The predicted octanol–water partition coefficient (Wildman–Crippen LogP) is 1.65. The Bertz CT molecular complexity index is 502. The highest BCUT2D eigenvalue weighted by atomic mass is 35.5. The van der Waals surface area contributed by atoms with E-state index < -0.39 is 18.2 Å². The van der Waals surface area contributed by atoms with Gasteiger partial charge < -0.3 is 15.0 Å². The van der Waals surface area contributed by atoms with E-state index in [-0.39, 0.29) is 25.5 Å². The first kappa shape index (κ1) is 14.8. The van der Waals surface area contributed by atoms with E-state index in [2.05, 4.69) is 15.3 Å². The Morgan fingerprint density at radius 3 is 3.10 bits per heavy atom. The predicted molar refractivity (Wildman–Crippen MR) is 73.9 cm³/mol. The molecule has 1 fully saturated rings. The topological polar surface area (TPSA) is 67.3 Å². The second-order valence-corrected chi connectivity index (χ2v) is 4.78. The smallest absolute Gasteiger partial charge is 0.328 e. The molecule has 0 saturated carbocycles. The van der Waals surface area contributed by atoms with Crippen LogP contribution in [-0.4, -0.2) is 48.4 Å². The largest absolute Gasteiger partial charge is 0.464 e. The molecule has 0 aromatic carbocycles. The first-order valence-corrected chi connectivity index (χ1v) is 6.72. The molecule has 0 spiro atoms. The van der Waals surface area contributed by atoms with Crippen LogP contribution in [0.4, 0.5) is 16.2 Å². The van der Waals surface area contributed by atoms with Gasteiger partial charge in [-0.1, -0.05) is 11.6 Å². The fourth-order valence-corrected chi connectivity index (χ4v) is 2.32. The number of aromatic nitrogens is 2. The molecule has 1 aromatic rings. The molecule has 1 saturated heterocycles. The molecule has 1 aliphatic rings. The summed E-state index contributed by atoms with van der Waals surface area (Å²) < 4.78 is 18.6. The number of ether oxygens (including phenoxy) is 1. The van der Waals surface area contributed by atoms with Crippen LogP contribution in [0.15, 0.2) is 6.20 Å². The van der Waals surface area contributed by atoms with Crippen LogP contribution in [0, 0.1) is 0 Å². The monoisotopic (exact) mass is 302 g/mol. The molecule has 0 aliphatic carbocycles. The average molecular weight is 303 g/mol. The summed E-state index contributed by atoms with van der Waals surface area (Å²) in [5, 5.41) is 3.18. The van der Waals surface area contributed by atoms with Crippen LogP contribution in [0.5, 0.6) is 0 Å². The molecule has 20 heavy (non-hydrogen) atoms. The van der Waals surface area contributed by atoms with Crippen molar-refractivity contribution in [1.29, 1.82) is 0 Å². The highest BCUT2D eigenvalue weighted by molar-refractivity contribution is 6.32. The van der Waals surface area contributed by atoms with E-state index in [9.17, 15) is 9.18 Å². The summed E-state index contributed by atoms with van der Waals surface area (Å²) in [7, 11) is 1.67. The summed E-state index contributed by atoms with van der Waals surface area (Å²) in [6, 6.07) is -0.698. The summed E-state index contributed by atoms with van der Waals surface area (Å²) >= 11 is 5.91. The van der Waals surface area contributed by atoms with E-state index >= 15 is 0 Å². The van der Waals surface area contributed by atoms with Gasteiger partial charge in [-0.25, -0.2) is 14.2 Å². The van der Waals surface area contributed by atoms with Crippen molar-refractivity contribution in [3.8, 4) is 0 Å². The van der Waals surface area contributed by atoms with Gasteiger partial charge in [-0.15, -0.1) is 0 Å². The molecule has 2 rings (SSSR count). The van der Waals surface area contributed by atoms with E-state index in [0.717, 1.165) is 0 Å². The van der Waals surface area contributed by atoms with Crippen LogP contribution in [0.1, 0.15) is 13.3 Å². The van der Waals surface area contributed by atoms with Gasteiger partial charge in [0.05, 0.1) is 19.3 Å². The average Bonchev–Trinajstić information content (AvgIpc) is 2.82. The van der Waals surface area contributed by atoms with Gasteiger partial charge in [0.2, 0.25) is 5.95 Å². The van der Waals surface area contributed by atoms with Crippen LogP contribution in [0.3, 0.4) is 0 Å². The van der Waals surface area contributed by atoms with Gasteiger partial charge in [-0.3, -0.25) is 0 Å². The number of alkyl halides is 1. The zero-order chi connectivity index (χ0) is 14.7. The highest BCUT2D eigenvalue weighted by Crippen LogP contribution is 2.28. The second-order valence-electron chi connectivity index (χ2n) is 4.37. The lowest BCUT2D eigenvalue weighted by atomic mass is 10.2. The van der Waals surface area contributed by atoms with Crippen molar-refractivity contribution < 1.29 is 13.9 Å². The Morgan fingerprint density at radius 1 is 1.70 bits per heavy atom. The normalized spacial score (nSPS) is 21.9. The van der Waals surface area contributed by atoms with E-state index in [4.69, 9.17) is 16.3 Å². The Hall–Kier alpha value is -1.63. The quantitative estimate of drug-likeness (QED) is 0.853. The SMILES string of the molecule is CCOC(=O)[C@@H]1C[C@H](F)CN1c1ncc(Cl)c(NC)n1. The fourth-order valence-electron chi connectivity index (χ4n) is 2.14. The van der Waals surface area contributed by atoms with Crippen molar-refractivity contribution in [2.75, 3.05) is 30.4 Å². The lowest BCUT2D eigenvalue weighted by molar-refractivity contribution is -0.144. The second kappa shape index (κ2) is 6.21. The summed E-state index contributed by atoms with van der Waals surface area (Å²) in [5.74, 6) is 0.232. The standard InChI is InChI=1S/C12H16ClFN4O2/c1-3-20-11(19)9-4-7(14)6-18(9)12-16-5-8(13)10(15-2)17-12/h5,7,9H,3-4,6H2,1-2H3,(H,15,16,17)/t7-,9-/m0/s1. The summed E-state index contributed by atoms with van der Waals surface area (Å²) in [6.07, 6.45) is 0.394. The maximum absolute atomic E-state index is 13.6. The number of nitrogens with one attached hydrogen (secondary N) is 1. The van der Waals surface area contributed by atoms with Gasteiger partial charge >= 0.3 is 5.97 Å². The van der Waals surface area contributed by atoms with Crippen molar-refractivity contribution in [3.63, 3.8) is 0 Å². The number of nitrogens with zero attached hydrogens (tertiary/aromatic N) is 3. The summed E-state index contributed by atoms with van der Waals surface area (Å²) in [4.78, 5) is 21.6. The molecule has 0 amide bonds. The third-order valence-electron chi connectivity index (χ3n) is 3.03. The fraction of sp³-hybridized carbons (Fsp3) is 0.583.